The zero-order chi connectivity index (χ0) is 18.8. The van der Waals surface area contributed by atoms with E-state index in [2.05, 4.69) is 10.3 Å². The molecule has 1 aromatic heterocycles. The molecular weight excluding hydrogens is 362 g/mol. The van der Waals surface area contributed by atoms with E-state index in [1.54, 1.807) is 23.3 Å². The molecule has 0 radical (unpaired) electrons. The minimum atomic E-state index is -0.353. The number of amides is 2. The van der Waals surface area contributed by atoms with Crippen molar-refractivity contribution in [1.82, 2.24) is 10.3 Å². The Hall–Kier alpha value is -2.93. The van der Waals surface area contributed by atoms with Crippen molar-refractivity contribution in [3.8, 4) is 5.75 Å². The Morgan fingerprint density at radius 1 is 1.26 bits per heavy atom. The lowest BCUT2D eigenvalue weighted by molar-refractivity contribution is -0.126. The van der Waals surface area contributed by atoms with Crippen molar-refractivity contribution in [1.29, 1.82) is 0 Å². The third kappa shape index (κ3) is 3.64. The zero-order valence-corrected chi connectivity index (χ0v) is 15.7. The topological polar surface area (TPSA) is 71.5 Å². The number of rotatable bonds is 5. The number of ether oxygens (including phenoxy) is 1. The number of carbonyl (C=O) groups excluding carboxylic acids is 2. The van der Waals surface area contributed by atoms with E-state index in [0.717, 1.165) is 26.7 Å². The molecule has 1 fully saturated rings. The van der Waals surface area contributed by atoms with Gasteiger partial charge in [-0.1, -0.05) is 12.1 Å². The molecule has 3 aromatic rings. The molecule has 7 heteroatoms. The van der Waals surface area contributed by atoms with Crippen LogP contribution < -0.4 is 15.0 Å². The van der Waals surface area contributed by atoms with E-state index in [0.29, 0.717) is 13.1 Å². The molecule has 1 N–H and O–H groups in total. The van der Waals surface area contributed by atoms with Crippen LogP contribution in [0.4, 0.5) is 5.69 Å². The average molecular weight is 381 g/mol. The van der Waals surface area contributed by atoms with Crippen LogP contribution in [0.2, 0.25) is 0 Å². The summed E-state index contributed by atoms with van der Waals surface area (Å²) in [5, 5.41) is 3.78. The normalized spacial score (nSPS) is 16.7. The molecule has 0 aliphatic carbocycles. The molecule has 2 amide bonds. The monoisotopic (exact) mass is 381 g/mol. The van der Waals surface area contributed by atoms with E-state index in [1.807, 2.05) is 48.5 Å². The molecule has 1 atom stereocenters. The molecule has 4 rings (SSSR count). The van der Waals surface area contributed by atoms with Gasteiger partial charge in [0.05, 0.1) is 29.8 Å². The summed E-state index contributed by atoms with van der Waals surface area (Å²) in [6.45, 7) is 0.766. The minimum Gasteiger partial charge on any atom is -0.497 e. The molecular formula is C20H19N3O3S. The van der Waals surface area contributed by atoms with Gasteiger partial charge in [0.15, 0.2) is 0 Å². The number of fused-ring (bicyclic) bond motifs is 1. The zero-order valence-electron chi connectivity index (χ0n) is 14.8. The Balaban J connectivity index is 1.38. The minimum absolute atomic E-state index is 0.0414. The highest BCUT2D eigenvalue weighted by Crippen LogP contribution is 2.27. The summed E-state index contributed by atoms with van der Waals surface area (Å²) < 4.78 is 6.24. The first kappa shape index (κ1) is 17.5. The average Bonchev–Trinajstić information content (AvgIpc) is 3.29. The molecule has 0 bridgehead atoms. The number of thiazole rings is 1. The second-order valence-corrected chi connectivity index (χ2v) is 7.51. The second kappa shape index (κ2) is 7.36. The van der Waals surface area contributed by atoms with E-state index in [1.165, 1.54) is 0 Å². The Morgan fingerprint density at radius 3 is 2.78 bits per heavy atom. The summed E-state index contributed by atoms with van der Waals surface area (Å²) in [5.74, 6) is 0.225. The Labute approximate surface area is 160 Å². The van der Waals surface area contributed by atoms with Gasteiger partial charge in [-0.2, -0.15) is 0 Å². The molecule has 6 nitrogen and oxygen atoms in total. The van der Waals surface area contributed by atoms with Crippen LogP contribution in [0.25, 0.3) is 10.2 Å². The molecule has 1 aliphatic rings. The predicted molar refractivity (Wildman–Crippen MR) is 105 cm³/mol. The van der Waals surface area contributed by atoms with E-state index < -0.39 is 0 Å². The number of hydrogen-bond donors (Lipinski definition) is 1. The fourth-order valence-electron chi connectivity index (χ4n) is 3.20. The predicted octanol–water partition coefficient (Wildman–Crippen LogP) is 2.97. The highest BCUT2D eigenvalue weighted by atomic mass is 32.1. The van der Waals surface area contributed by atoms with E-state index >= 15 is 0 Å². The summed E-state index contributed by atoms with van der Waals surface area (Å²) in [6.07, 6.45) is 0.220. The van der Waals surface area contributed by atoms with Crippen molar-refractivity contribution >= 4 is 39.1 Å². The van der Waals surface area contributed by atoms with Crippen LogP contribution in [-0.4, -0.2) is 30.5 Å². The maximum atomic E-state index is 12.5. The first-order valence-corrected chi connectivity index (χ1v) is 9.52. The first-order valence-electron chi connectivity index (χ1n) is 8.70. The lowest BCUT2D eigenvalue weighted by Gasteiger charge is -2.17. The van der Waals surface area contributed by atoms with Crippen LogP contribution >= 0.6 is 11.3 Å². The van der Waals surface area contributed by atoms with Crippen LogP contribution in [0.3, 0.4) is 0 Å². The van der Waals surface area contributed by atoms with Crippen LogP contribution in [0.5, 0.6) is 5.75 Å². The van der Waals surface area contributed by atoms with Crippen LogP contribution in [-0.2, 0) is 16.1 Å². The van der Waals surface area contributed by atoms with Gasteiger partial charge < -0.3 is 15.0 Å². The van der Waals surface area contributed by atoms with E-state index in [4.69, 9.17) is 4.74 Å². The van der Waals surface area contributed by atoms with E-state index in [9.17, 15) is 9.59 Å². The molecule has 0 saturated carbocycles. The van der Waals surface area contributed by atoms with Crippen LogP contribution in [0, 0.1) is 5.92 Å². The number of anilines is 1. The maximum absolute atomic E-state index is 12.5. The van der Waals surface area contributed by atoms with Gasteiger partial charge in [0, 0.05) is 18.7 Å². The molecule has 27 heavy (non-hydrogen) atoms. The number of nitrogens with one attached hydrogen (secondary N) is 1. The summed E-state index contributed by atoms with van der Waals surface area (Å²) in [5.41, 5.74) is 1.72. The lowest BCUT2D eigenvalue weighted by Crippen LogP contribution is -2.32. The van der Waals surface area contributed by atoms with Crippen molar-refractivity contribution < 1.29 is 14.3 Å². The van der Waals surface area contributed by atoms with Gasteiger partial charge in [0.2, 0.25) is 11.8 Å². The number of hydrogen-bond acceptors (Lipinski definition) is 5. The lowest BCUT2D eigenvalue weighted by atomic mass is 10.1. The van der Waals surface area contributed by atoms with Gasteiger partial charge in [-0.05, 0) is 36.4 Å². The SMILES string of the molecule is COc1ccc(N2CC(C(=O)NCc3nc4ccccc4s3)CC2=O)cc1. The third-order valence-electron chi connectivity index (χ3n) is 4.63. The number of carbonyl (C=O) groups is 2. The Bertz CT molecular complexity index is 951. The first-order chi connectivity index (χ1) is 13.1. The summed E-state index contributed by atoms with van der Waals surface area (Å²) in [7, 11) is 1.60. The van der Waals surface area contributed by atoms with Gasteiger partial charge in [-0.25, -0.2) is 4.98 Å². The number of benzene rings is 2. The number of methoxy groups -OCH3 is 1. The van der Waals surface area contributed by atoms with Crippen molar-refractivity contribution in [2.75, 3.05) is 18.6 Å². The van der Waals surface area contributed by atoms with Crippen molar-refractivity contribution in [2.45, 2.75) is 13.0 Å². The number of nitrogens with zero attached hydrogens (tertiary/aromatic N) is 2. The van der Waals surface area contributed by atoms with Gasteiger partial charge in [-0.3, -0.25) is 9.59 Å². The second-order valence-electron chi connectivity index (χ2n) is 6.40. The molecule has 2 aromatic carbocycles. The largest absolute Gasteiger partial charge is 0.497 e. The van der Waals surface area contributed by atoms with Crippen LogP contribution in [0.15, 0.2) is 48.5 Å². The van der Waals surface area contributed by atoms with E-state index in [-0.39, 0.29) is 24.2 Å². The fourth-order valence-corrected chi connectivity index (χ4v) is 4.10. The highest BCUT2D eigenvalue weighted by molar-refractivity contribution is 7.18. The summed E-state index contributed by atoms with van der Waals surface area (Å²) in [6, 6.07) is 15.2. The standard InChI is InChI=1S/C20H19N3O3S/c1-26-15-8-6-14(7-9-15)23-12-13(10-19(23)24)20(25)21-11-18-22-16-4-2-3-5-17(16)27-18/h2-9,13H,10-12H2,1H3,(H,21,25). The van der Waals surface area contributed by atoms with Crippen molar-refractivity contribution in [3.63, 3.8) is 0 Å². The van der Waals surface area contributed by atoms with Gasteiger partial charge in [-0.15, -0.1) is 11.3 Å². The Kier molecular flexibility index (Phi) is 4.77. The quantitative estimate of drug-likeness (QED) is 0.738. The number of para-hydroxylation sites is 1. The van der Waals surface area contributed by atoms with Crippen LogP contribution in [0.1, 0.15) is 11.4 Å². The smallest absolute Gasteiger partial charge is 0.227 e. The molecule has 138 valence electrons. The van der Waals surface area contributed by atoms with Gasteiger partial charge in [0.1, 0.15) is 10.8 Å². The molecule has 0 spiro atoms. The number of aromatic nitrogens is 1. The van der Waals surface area contributed by atoms with Gasteiger partial charge in [0.25, 0.3) is 0 Å². The molecule has 1 saturated heterocycles. The maximum Gasteiger partial charge on any atom is 0.227 e. The molecule has 1 aliphatic heterocycles. The Morgan fingerprint density at radius 2 is 2.04 bits per heavy atom. The van der Waals surface area contributed by atoms with Crippen molar-refractivity contribution in [3.05, 3.63) is 53.5 Å². The summed E-state index contributed by atoms with van der Waals surface area (Å²) in [4.78, 5) is 31.0. The molecule has 1 unspecified atom stereocenters. The van der Waals surface area contributed by atoms with Gasteiger partial charge >= 0.3 is 0 Å². The molecule has 2 heterocycles. The fraction of sp³-hybridized carbons (Fsp3) is 0.250. The summed E-state index contributed by atoms with van der Waals surface area (Å²) >= 11 is 1.57. The highest BCUT2D eigenvalue weighted by Gasteiger charge is 2.35. The third-order valence-corrected chi connectivity index (χ3v) is 5.67. The van der Waals surface area contributed by atoms with Crippen molar-refractivity contribution in [2.24, 2.45) is 5.92 Å².